The Labute approximate surface area is 101 Å². The molecular weight excluding hydrogens is 306 g/mol. The van der Waals surface area contributed by atoms with Crippen molar-refractivity contribution in [3.63, 3.8) is 0 Å². The fraction of sp³-hybridized carbons (Fsp3) is 0.500. The van der Waals surface area contributed by atoms with Gasteiger partial charge in [-0.05, 0) is 22.9 Å². The van der Waals surface area contributed by atoms with Crippen LogP contribution in [0, 0.1) is 17.0 Å². The van der Waals surface area contributed by atoms with Gasteiger partial charge in [-0.15, -0.1) is 0 Å². The van der Waals surface area contributed by atoms with Crippen molar-refractivity contribution in [3.05, 3.63) is 20.4 Å². The summed E-state index contributed by atoms with van der Waals surface area (Å²) in [7, 11) is 0. The van der Waals surface area contributed by atoms with Gasteiger partial charge in [-0.1, -0.05) is 0 Å². The Hall–Kier alpha value is -0.840. The molecular formula is C6H8BrN3O5S. The Morgan fingerprint density at radius 3 is 2.81 bits per heavy atom. The van der Waals surface area contributed by atoms with Crippen molar-refractivity contribution in [1.29, 1.82) is 0 Å². The molecule has 1 atom stereocenters. The van der Waals surface area contributed by atoms with Crippen molar-refractivity contribution in [2.75, 3.05) is 6.61 Å². The molecule has 0 radical (unpaired) electrons. The molecule has 1 aromatic rings. The van der Waals surface area contributed by atoms with Gasteiger partial charge in [0.1, 0.15) is 5.69 Å². The molecule has 1 N–H and O–H groups in total. The monoisotopic (exact) mass is 313 g/mol. The largest absolute Gasteiger partial charge is 0.324 e. The van der Waals surface area contributed by atoms with Gasteiger partial charge in [0, 0.05) is 0 Å². The third-order valence-electron chi connectivity index (χ3n) is 1.80. The number of hydrogen-bond donors (Lipinski definition) is 1. The predicted molar refractivity (Wildman–Crippen MR) is 58.0 cm³/mol. The highest BCUT2D eigenvalue weighted by molar-refractivity contribution is 9.10. The first-order valence-corrected chi connectivity index (χ1v) is 5.87. The molecule has 1 rings (SSSR count). The lowest BCUT2D eigenvalue weighted by Gasteiger charge is -2.01. The van der Waals surface area contributed by atoms with Crippen molar-refractivity contribution >= 4 is 33.0 Å². The number of halogens is 1. The zero-order valence-corrected chi connectivity index (χ0v) is 10.5. The molecule has 0 aromatic carbocycles. The normalized spacial score (nSPS) is 12.7. The average Bonchev–Trinajstić information content (AvgIpc) is 2.41. The highest BCUT2D eigenvalue weighted by Crippen LogP contribution is 2.27. The summed E-state index contributed by atoms with van der Waals surface area (Å²) in [6, 6.07) is 0. The van der Waals surface area contributed by atoms with E-state index in [2.05, 4.69) is 25.2 Å². The summed E-state index contributed by atoms with van der Waals surface area (Å²) in [5.41, 5.74) is 0.231. The van der Waals surface area contributed by atoms with Crippen LogP contribution in [0.1, 0.15) is 5.69 Å². The van der Waals surface area contributed by atoms with Gasteiger partial charge < -0.3 is 0 Å². The molecule has 0 saturated carbocycles. The lowest BCUT2D eigenvalue weighted by Crippen LogP contribution is -2.10. The van der Waals surface area contributed by atoms with Crippen LogP contribution < -0.4 is 0 Å². The van der Waals surface area contributed by atoms with E-state index in [1.807, 2.05) is 0 Å². The van der Waals surface area contributed by atoms with E-state index >= 15 is 0 Å². The molecule has 1 unspecified atom stereocenters. The summed E-state index contributed by atoms with van der Waals surface area (Å²) in [5.74, 6) is 0. The first kappa shape index (κ1) is 13.2. The Morgan fingerprint density at radius 2 is 2.38 bits per heavy atom. The van der Waals surface area contributed by atoms with Gasteiger partial charge in [0.05, 0.1) is 18.1 Å². The molecule has 0 bridgehead atoms. The average molecular weight is 314 g/mol. The second-order valence-electron chi connectivity index (χ2n) is 2.74. The van der Waals surface area contributed by atoms with Crippen LogP contribution in [0.25, 0.3) is 0 Å². The summed E-state index contributed by atoms with van der Waals surface area (Å²) in [5, 5.41) is 14.5. The standard InChI is InChI=1S/C6H8BrN3O5S/c1-4-5(10(11)12)6(7)8-9(4)2-3-15-16(13)14/h2-3H2,1H3,(H,13,14). The highest BCUT2D eigenvalue weighted by atomic mass is 79.9. The summed E-state index contributed by atoms with van der Waals surface area (Å²) < 4.78 is 24.4. The molecule has 0 fully saturated rings. The number of hydrogen-bond acceptors (Lipinski definition) is 5. The first-order valence-electron chi connectivity index (χ1n) is 4.05. The Kier molecular flexibility index (Phi) is 4.53. The Bertz CT molecular complexity index is 434. The van der Waals surface area contributed by atoms with Crippen LogP contribution in [0.3, 0.4) is 0 Å². The van der Waals surface area contributed by atoms with Crippen LogP contribution in [0.4, 0.5) is 5.69 Å². The van der Waals surface area contributed by atoms with Gasteiger partial charge in [-0.3, -0.25) is 23.5 Å². The zero-order valence-electron chi connectivity index (χ0n) is 8.12. The predicted octanol–water partition coefficient (Wildman–Crippen LogP) is 1.02. The minimum Gasteiger partial charge on any atom is -0.284 e. The highest BCUT2D eigenvalue weighted by Gasteiger charge is 2.22. The smallest absolute Gasteiger partial charge is 0.284 e. The Balaban J connectivity index is 2.79. The first-order chi connectivity index (χ1) is 7.43. The Morgan fingerprint density at radius 1 is 1.75 bits per heavy atom. The van der Waals surface area contributed by atoms with Crippen LogP contribution in [-0.2, 0) is 22.1 Å². The molecule has 1 heterocycles. The van der Waals surface area contributed by atoms with Gasteiger partial charge in [0.15, 0.2) is 0 Å². The summed E-state index contributed by atoms with van der Waals surface area (Å²) in [6.07, 6.45) is 0. The number of aromatic nitrogens is 2. The van der Waals surface area contributed by atoms with E-state index in [9.17, 15) is 14.3 Å². The van der Waals surface area contributed by atoms with E-state index < -0.39 is 16.3 Å². The van der Waals surface area contributed by atoms with E-state index in [0.717, 1.165) is 0 Å². The second-order valence-corrected chi connectivity index (χ2v) is 4.17. The third-order valence-corrected chi connectivity index (χ3v) is 2.71. The minimum atomic E-state index is -2.34. The molecule has 0 aliphatic carbocycles. The lowest BCUT2D eigenvalue weighted by atomic mass is 10.4. The molecule has 1 aromatic heterocycles. The second kappa shape index (κ2) is 5.48. The van der Waals surface area contributed by atoms with E-state index in [1.165, 1.54) is 11.6 Å². The molecule has 8 nitrogen and oxygen atoms in total. The number of rotatable bonds is 5. The van der Waals surface area contributed by atoms with Gasteiger partial charge in [0.2, 0.25) is 4.60 Å². The molecule has 0 saturated heterocycles. The maximum Gasteiger partial charge on any atom is 0.324 e. The van der Waals surface area contributed by atoms with Crippen molar-refractivity contribution in [2.24, 2.45) is 0 Å². The van der Waals surface area contributed by atoms with Gasteiger partial charge in [-0.2, -0.15) is 9.31 Å². The van der Waals surface area contributed by atoms with Gasteiger partial charge in [-0.25, -0.2) is 0 Å². The van der Waals surface area contributed by atoms with Crippen LogP contribution in [-0.4, -0.2) is 30.1 Å². The van der Waals surface area contributed by atoms with Crippen LogP contribution >= 0.6 is 15.9 Å². The molecule has 90 valence electrons. The maximum atomic E-state index is 10.6. The van der Waals surface area contributed by atoms with Crippen LogP contribution in [0.2, 0.25) is 0 Å². The van der Waals surface area contributed by atoms with Crippen molar-refractivity contribution in [1.82, 2.24) is 9.78 Å². The molecule has 0 spiro atoms. The summed E-state index contributed by atoms with van der Waals surface area (Å²) in [4.78, 5) is 10.1. The topological polar surface area (TPSA) is 107 Å². The van der Waals surface area contributed by atoms with Crippen LogP contribution in [0.5, 0.6) is 0 Å². The van der Waals surface area contributed by atoms with E-state index in [-0.39, 0.29) is 23.4 Å². The van der Waals surface area contributed by atoms with E-state index in [0.29, 0.717) is 5.69 Å². The maximum absolute atomic E-state index is 10.6. The molecule has 0 aliphatic rings. The van der Waals surface area contributed by atoms with Gasteiger partial charge >= 0.3 is 17.0 Å². The molecule has 16 heavy (non-hydrogen) atoms. The fourth-order valence-electron chi connectivity index (χ4n) is 1.12. The van der Waals surface area contributed by atoms with Gasteiger partial charge in [0.25, 0.3) is 0 Å². The van der Waals surface area contributed by atoms with E-state index in [1.54, 1.807) is 0 Å². The summed E-state index contributed by atoms with van der Waals surface area (Å²) >= 11 is 0.626. The SMILES string of the molecule is Cc1c([N+](=O)[O-])c(Br)nn1CCOS(=O)O. The fourth-order valence-corrected chi connectivity index (χ4v) is 1.96. The van der Waals surface area contributed by atoms with Crippen molar-refractivity contribution < 1.29 is 17.9 Å². The van der Waals surface area contributed by atoms with E-state index in [4.69, 9.17) is 4.55 Å². The van der Waals surface area contributed by atoms with Crippen molar-refractivity contribution in [2.45, 2.75) is 13.5 Å². The molecule has 10 heteroatoms. The zero-order chi connectivity index (χ0) is 12.3. The van der Waals surface area contributed by atoms with Crippen LogP contribution in [0.15, 0.2) is 4.60 Å². The minimum absolute atomic E-state index is 0.0603. The van der Waals surface area contributed by atoms with Crippen molar-refractivity contribution in [3.8, 4) is 0 Å². The third kappa shape index (κ3) is 3.07. The quantitative estimate of drug-likeness (QED) is 0.494. The molecule has 0 amide bonds. The number of nitro groups is 1. The lowest BCUT2D eigenvalue weighted by molar-refractivity contribution is -0.386. The number of nitrogens with zero attached hydrogens (tertiary/aromatic N) is 3. The molecule has 0 aliphatic heterocycles. The summed E-state index contributed by atoms with van der Waals surface area (Å²) in [6.45, 7) is 1.63.